The van der Waals surface area contributed by atoms with E-state index in [0.29, 0.717) is 11.7 Å². The molecule has 1 N–H and O–H groups in total. The number of carbonyl (C=O) groups excluding carboxylic acids is 1. The lowest BCUT2D eigenvalue weighted by atomic mass is 9.97. The van der Waals surface area contributed by atoms with Gasteiger partial charge >= 0.3 is 0 Å². The molecule has 3 heterocycles. The largest absolute Gasteiger partial charge is 0.381 e. The highest BCUT2D eigenvalue weighted by atomic mass is 16.5. The Morgan fingerprint density at radius 1 is 1.41 bits per heavy atom. The molecule has 0 aromatic carbocycles. The maximum Gasteiger partial charge on any atom is 0.245 e. The molecule has 0 bridgehead atoms. The monoisotopic (exact) mass is 393 g/mol. The van der Waals surface area contributed by atoms with Crippen molar-refractivity contribution in [2.24, 2.45) is 4.99 Å². The summed E-state index contributed by atoms with van der Waals surface area (Å²) in [5, 5.41) is 2.84. The molecule has 0 saturated carbocycles. The molecular weight excluding hydrogens is 366 g/mol. The molecule has 1 aliphatic rings. The minimum Gasteiger partial charge on any atom is -0.381 e. The van der Waals surface area contributed by atoms with E-state index in [4.69, 9.17) is 4.74 Å². The molecule has 0 radical (unpaired) electrons. The van der Waals surface area contributed by atoms with Crippen LogP contribution in [0.25, 0.3) is 0 Å². The van der Waals surface area contributed by atoms with Crippen LogP contribution in [0.15, 0.2) is 54.4 Å². The molecule has 1 saturated heterocycles. The molecule has 1 amide bonds. The van der Waals surface area contributed by atoms with E-state index in [1.807, 2.05) is 36.8 Å². The number of nitrogens with one attached hydrogen (secondary N) is 1. The van der Waals surface area contributed by atoms with Crippen LogP contribution in [0.2, 0.25) is 0 Å². The normalized spacial score (nSPS) is 15.6. The first-order valence-electron chi connectivity index (χ1n) is 9.79. The zero-order chi connectivity index (χ0) is 20.6. The molecule has 0 unspecified atom stereocenters. The van der Waals surface area contributed by atoms with Crippen molar-refractivity contribution >= 4 is 17.4 Å². The average Bonchev–Trinajstić information content (AvgIpc) is 3.10. The molecule has 152 valence electrons. The second-order valence-electron chi connectivity index (χ2n) is 6.91. The highest BCUT2D eigenvalue weighted by Gasteiger charge is 2.20. The van der Waals surface area contributed by atoms with Crippen LogP contribution in [0, 0.1) is 6.92 Å². The van der Waals surface area contributed by atoms with Crippen LogP contribution in [0.4, 0.5) is 5.82 Å². The third-order valence-electron chi connectivity index (χ3n) is 4.83. The van der Waals surface area contributed by atoms with Gasteiger partial charge in [-0.05, 0) is 44.9 Å². The number of aromatic nitrogens is 3. The van der Waals surface area contributed by atoms with Gasteiger partial charge in [-0.15, -0.1) is 0 Å². The van der Waals surface area contributed by atoms with E-state index in [1.165, 1.54) is 0 Å². The molecule has 1 aliphatic heterocycles. The molecule has 7 nitrogen and oxygen atoms in total. The summed E-state index contributed by atoms with van der Waals surface area (Å²) in [5.74, 6) is 1.59. The van der Waals surface area contributed by atoms with Gasteiger partial charge in [0.2, 0.25) is 5.91 Å². The van der Waals surface area contributed by atoms with Crippen LogP contribution < -0.4 is 5.32 Å². The van der Waals surface area contributed by atoms with E-state index in [1.54, 1.807) is 24.5 Å². The predicted octanol–water partition coefficient (Wildman–Crippen LogP) is 3.63. The number of hydrogen-bond donors (Lipinski definition) is 1. The number of rotatable bonds is 7. The van der Waals surface area contributed by atoms with Crippen molar-refractivity contribution in [3.05, 3.63) is 66.5 Å². The van der Waals surface area contributed by atoms with Gasteiger partial charge < -0.3 is 14.6 Å². The van der Waals surface area contributed by atoms with Gasteiger partial charge in [0.1, 0.15) is 18.2 Å². The van der Waals surface area contributed by atoms with Crippen LogP contribution in [-0.2, 0) is 16.1 Å². The third kappa shape index (κ3) is 5.48. The number of allylic oxidation sites excluding steroid dienone is 2. The number of nitrogens with zero attached hydrogens (tertiary/aromatic N) is 4. The summed E-state index contributed by atoms with van der Waals surface area (Å²) in [6.07, 6.45) is 10.8. The summed E-state index contributed by atoms with van der Waals surface area (Å²) < 4.78 is 7.30. The number of aryl methyl sites for hydroxylation is 1. The van der Waals surface area contributed by atoms with Crippen LogP contribution in [-0.4, -0.2) is 39.4 Å². The number of pyridine rings is 1. The summed E-state index contributed by atoms with van der Waals surface area (Å²) in [4.78, 5) is 25.7. The van der Waals surface area contributed by atoms with Gasteiger partial charge in [0.15, 0.2) is 0 Å². The fourth-order valence-corrected chi connectivity index (χ4v) is 3.24. The van der Waals surface area contributed by atoms with Crippen LogP contribution in [0.5, 0.6) is 0 Å². The summed E-state index contributed by atoms with van der Waals surface area (Å²) >= 11 is 0. The predicted molar refractivity (Wildman–Crippen MR) is 114 cm³/mol. The van der Waals surface area contributed by atoms with Crippen LogP contribution in [0.3, 0.4) is 0 Å². The topological polar surface area (TPSA) is 81.4 Å². The van der Waals surface area contributed by atoms with Gasteiger partial charge in [0.25, 0.3) is 0 Å². The molecule has 29 heavy (non-hydrogen) atoms. The van der Waals surface area contributed by atoms with Gasteiger partial charge in [-0.2, -0.15) is 0 Å². The summed E-state index contributed by atoms with van der Waals surface area (Å²) in [6, 6.07) is 3.62. The van der Waals surface area contributed by atoms with Gasteiger partial charge in [-0.25, -0.2) is 9.97 Å². The smallest absolute Gasteiger partial charge is 0.245 e. The standard InChI is InChI=1S/C22H27N5O2/c1-4-10-23-19(5-2)18-6-7-21(24-13-18)26-22(28)15-27-14-20(25-16(27)3)17-8-11-29-12-9-17/h4-7,10,13-14,17H,2,8-9,11-12,15H2,1,3H3,(H,24,26,28)/b10-4-,23-19+. The molecule has 2 aromatic rings. The Labute approximate surface area is 171 Å². The van der Waals surface area contributed by atoms with Gasteiger partial charge in [0, 0.05) is 43.3 Å². The molecule has 7 heteroatoms. The van der Waals surface area contributed by atoms with Gasteiger partial charge in [0.05, 0.1) is 11.4 Å². The molecule has 2 aromatic heterocycles. The van der Waals surface area contributed by atoms with Crippen molar-refractivity contribution in [2.75, 3.05) is 18.5 Å². The first kappa shape index (κ1) is 20.7. The first-order chi connectivity index (χ1) is 14.1. The Bertz CT molecular complexity index is 906. The fourth-order valence-electron chi connectivity index (χ4n) is 3.24. The molecule has 0 spiro atoms. The number of amides is 1. The molecular formula is C22H27N5O2. The highest BCUT2D eigenvalue weighted by molar-refractivity contribution is 6.08. The lowest BCUT2D eigenvalue weighted by molar-refractivity contribution is -0.116. The van der Waals surface area contributed by atoms with Crippen LogP contribution in [0.1, 0.15) is 42.8 Å². The molecule has 3 rings (SSSR count). The SMILES string of the molecule is C=C/C(=N\C=C/C)c1ccc(NC(=O)Cn2cc(C3CCOCC3)nc2C)nc1. The lowest BCUT2D eigenvalue weighted by Crippen LogP contribution is -2.19. The maximum absolute atomic E-state index is 12.5. The van der Waals surface area contributed by atoms with E-state index in [-0.39, 0.29) is 12.5 Å². The Balaban J connectivity index is 1.62. The van der Waals surface area contributed by atoms with Crippen molar-refractivity contribution in [3.63, 3.8) is 0 Å². The lowest BCUT2D eigenvalue weighted by Gasteiger charge is -2.19. The molecule has 0 aliphatic carbocycles. The van der Waals surface area contributed by atoms with E-state index in [2.05, 4.69) is 26.9 Å². The minimum atomic E-state index is -0.143. The Kier molecular flexibility index (Phi) is 7.08. The van der Waals surface area contributed by atoms with Crippen molar-refractivity contribution in [3.8, 4) is 0 Å². The molecule has 0 atom stereocenters. The third-order valence-corrected chi connectivity index (χ3v) is 4.83. The number of anilines is 1. The number of ether oxygens (including phenoxy) is 1. The first-order valence-corrected chi connectivity index (χ1v) is 9.79. The quantitative estimate of drug-likeness (QED) is 0.729. The van der Waals surface area contributed by atoms with Crippen LogP contribution >= 0.6 is 0 Å². The fraction of sp³-hybridized carbons (Fsp3) is 0.364. The Morgan fingerprint density at radius 3 is 2.86 bits per heavy atom. The van der Waals surface area contributed by atoms with E-state index in [9.17, 15) is 4.79 Å². The van der Waals surface area contributed by atoms with Gasteiger partial charge in [-0.1, -0.05) is 12.7 Å². The second kappa shape index (κ2) is 9.93. The summed E-state index contributed by atoms with van der Waals surface area (Å²) in [5.41, 5.74) is 2.60. The summed E-state index contributed by atoms with van der Waals surface area (Å²) in [6.45, 7) is 9.33. The van der Waals surface area contributed by atoms with Gasteiger partial charge in [-0.3, -0.25) is 9.79 Å². The Hall–Kier alpha value is -3.06. The van der Waals surface area contributed by atoms with Crippen molar-refractivity contribution in [2.45, 2.75) is 39.2 Å². The number of carbonyl (C=O) groups is 1. The maximum atomic E-state index is 12.5. The number of imidazole rings is 1. The van der Waals surface area contributed by atoms with E-state index >= 15 is 0 Å². The van der Waals surface area contributed by atoms with Crippen molar-refractivity contribution in [1.29, 1.82) is 0 Å². The summed E-state index contributed by atoms with van der Waals surface area (Å²) in [7, 11) is 0. The van der Waals surface area contributed by atoms with E-state index < -0.39 is 0 Å². The zero-order valence-corrected chi connectivity index (χ0v) is 17.0. The number of aliphatic imine (C=N–C) groups is 1. The minimum absolute atomic E-state index is 0.143. The van der Waals surface area contributed by atoms with E-state index in [0.717, 1.165) is 48.8 Å². The molecule has 1 fully saturated rings. The average molecular weight is 393 g/mol. The second-order valence-corrected chi connectivity index (χ2v) is 6.91. The Morgan fingerprint density at radius 2 is 2.21 bits per heavy atom. The highest BCUT2D eigenvalue weighted by Crippen LogP contribution is 2.26. The van der Waals surface area contributed by atoms with Crippen molar-refractivity contribution < 1.29 is 9.53 Å². The van der Waals surface area contributed by atoms with Crippen molar-refractivity contribution in [1.82, 2.24) is 14.5 Å². The zero-order valence-electron chi connectivity index (χ0n) is 17.0. The number of hydrogen-bond acceptors (Lipinski definition) is 5.